The van der Waals surface area contributed by atoms with Crippen LogP contribution in [0.4, 0.5) is 0 Å². The molecule has 0 fully saturated rings. The summed E-state index contributed by atoms with van der Waals surface area (Å²) in [7, 11) is 0. The average Bonchev–Trinajstić information content (AvgIpc) is 2.81. The van der Waals surface area contributed by atoms with Gasteiger partial charge in [0.1, 0.15) is 12.4 Å². The summed E-state index contributed by atoms with van der Waals surface area (Å²) in [5.41, 5.74) is 1.06. The maximum Gasteiger partial charge on any atom is 0.124 e. The summed E-state index contributed by atoms with van der Waals surface area (Å²) in [6, 6.07) is 12.0. The predicted octanol–water partition coefficient (Wildman–Crippen LogP) is 3.57. The summed E-state index contributed by atoms with van der Waals surface area (Å²) in [6.45, 7) is 1.21. The first-order valence-corrected chi connectivity index (χ1v) is 6.22. The van der Waals surface area contributed by atoms with E-state index < -0.39 is 0 Å². The molecule has 1 aromatic carbocycles. The van der Waals surface area contributed by atoms with E-state index in [1.54, 1.807) is 11.3 Å². The van der Waals surface area contributed by atoms with Gasteiger partial charge in [-0.2, -0.15) is 0 Å². The van der Waals surface area contributed by atoms with Crippen molar-refractivity contribution in [2.24, 2.45) is 0 Å². The molecule has 1 N–H and O–H groups in total. The van der Waals surface area contributed by atoms with Gasteiger partial charge >= 0.3 is 0 Å². The maximum atomic E-state index is 5.75. The minimum atomic E-state index is 0.599. The van der Waals surface area contributed by atoms with Crippen LogP contribution in [0.1, 0.15) is 10.4 Å². The number of para-hydroxylation sites is 1. The zero-order valence-corrected chi connectivity index (χ0v) is 10.2. The molecule has 1 heterocycles. The number of benzene rings is 1. The lowest BCUT2D eigenvalue weighted by atomic mass is 10.2. The minimum absolute atomic E-state index is 0.599. The lowest BCUT2D eigenvalue weighted by Gasteiger charge is -2.09. The summed E-state index contributed by atoms with van der Waals surface area (Å²) in [6.07, 6.45) is 0. The highest BCUT2D eigenvalue weighted by atomic mass is 35.5. The van der Waals surface area contributed by atoms with Crippen molar-refractivity contribution in [2.45, 2.75) is 13.2 Å². The molecule has 2 nitrogen and oxygen atoms in total. The molecule has 0 bridgehead atoms. The normalized spacial score (nSPS) is 10.3. The van der Waals surface area contributed by atoms with Gasteiger partial charge in [-0.25, -0.2) is 4.84 Å². The van der Waals surface area contributed by atoms with Gasteiger partial charge in [-0.05, 0) is 29.3 Å². The van der Waals surface area contributed by atoms with E-state index >= 15 is 0 Å². The fraction of sp³-hybridized carbons (Fsp3) is 0.167. The minimum Gasteiger partial charge on any atom is -0.488 e. The third kappa shape index (κ3) is 2.98. The maximum absolute atomic E-state index is 5.75. The van der Waals surface area contributed by atoms with Gasteiger partial charge < -0.3 is 4.74 Å². The number of nitrogens with one attached hydrogen (secondary N) is 1. The van der Waals surface area contributed by atoms with E-state index in [4.69, 9.17) is 16.5 Å². The number of rotatable bonds is 5. The van der Waals surface area contributed by atoms with E-state index in [0.717, 1.165) is 11.3 Å². The van der Waals surface area contributed by atoms with E-state index in [9.17, 15) is 0 Å². The largest absolute Gasteiger partial charge is 0.488 e. The SMILES string of the molecule is ClNCc1ccccc1OCc1cccs1. The molecule has 0 amide bonds. The van der Waals surface area contributed by atoms with Crippen LogP contribution in [0.3, 0.4) is 0 Å². The van der Waals surface area contributed by atoms with E-state index in [-0.39, 0.29) is 0 Å². The van der Waals surface area contributed by atoms with Crippen molar-refractivity contribution in [3.8, 4) is 5.75 Å². The molecular formula is C12H12ClNOS. The Kier molecular flexibility index (Phi) is 4.22. The van der Waals surface area contributed by atoms with Gasteiger partial charge in [-0.3, -0.25) is 0 Å². The molecule has 4 heteroatoms. The van der Waals surface area contributed by atoms with Gasteiger partial charge in [0.05, 0.1) is 0 Å². The van der Waals surface area contributed by atoms with Gasteiger partial charge in [-0.1, -0.05) is 24.3 Å². The molecule has 2 rings (SSSR count). The lowest BCUT2D eigenvalue weighted by Crippen LogP contribution is -2.02. The third-order valence-corrected chi connectivity index (χ3v) is 3.16. The summed E-state index contributed by atoms with van der Waals surface area (Å²) >= 11 is 7.20. The molecule has 0 saturated heterocycles. The quantitative estimate of drug-likeness (QED) is 0.823. The van der Waals surface area contributed by atoms with Crippen LogP contribution in [-0.4, -0.2) is 0 Å². The van der Waals surface area contributed by atoms with Crippen molar-refractivity contribution in [2.75, 3.05) is 0 Å². The molecule has 2 aromatic rings. The zero-order valence-electron chi connectivity index (χ0n) is 8.65. The predicted molar refractivity (Wildman–Crippen MR) is 67.8 cm³/mol. The van der Waals surface area contributed by atoms with Crippen molar-refractivity contribution in [3.63, 3.8) is 0 Å². The van der Waals surface area contributed by atoms with Crippen LogP contribution in [-0.2, 0) is 13.2 Å². The van der Waals surface area contributed by atoms with Gasteiger partial charge in [-0.15, -0.1) is 11.3 Å². The van der Waals surface area contributed by atoms with Crippen molar-refractivity contribution in [1.82, 2.24) is 4.84 Å². The van der Waals surface area contributed by atoms with Crippen molar-refractivity contribution >= 4 is 23.1 Å². The number of halogens is 1. The van der Waals surface area contributed by atoms with Crippen LogP contribution in [0.5, 0.6) is 5.75 Å². The first kappa shape index (κ1) is 11.5. The Morgan fingerprint density at radius 3 is 2.81 bits per heavy atom. The van der Waals surface area contributed by atoms with Gasteiger partial charge in [0, 0.05) is 17.0 Å². The van der Waals surface area contributed by atoms with E-state index in [1.165, 1.54) is 4.88 Å². The zero-order chi connectivity index (χ0) is 11.2. The number of ether oxygens (including phenoxy) is 1. The summed E-state index contributed by atoms with van der Waals surface area (Å²) < 4.78 is 5.75. The molecule has 84 valence electrons. The fourth-order valence-corrected chi connectivity index (χ4v) is 2.17. The lowest BCUT2D eigenvalue weighted by molar-refractivity contribution is 0.306. The highest BCUT2D eigenvalue weighted by molar-refractivity contribution is 7.09. The Morgan fingerprint density at radius 1 is 1.19 bits per heavy atom. The summed E-state index contributed by atoms with van der Waals surface area (Å²) in [5, 5.41) is 2.05. The molecule has 0 spiro atoms. The van der Waals surface area contributed by atoms with Crippen LogP contribution in [0.15, 0.2) is 41.8 Å². The highest BCUT2D eigenvalue weighted by Crippen LogP contribution is 2.20. The van der Waals surface area contributed by atoms with E-state index in [0.29, 0.717) is 13.2 Å². The van der Waals surface area contributed by atoms with Crippen molar-refractivity contribution < 1.29 is 4.74 Å². The van der Waals surface area contributed by atoms with Gasteiger partial charge in [0.2, 0.25) is 0 Å². The number of hydrogen-bond donors (Lipinski definition) is 1. The summed E-state index contributed by atoms with van der Waals surface area (Å²) in [5.74, 6) is 0.879. The van der Waals surface area contributed by atoms with Gasteiger partial charge in [0.25, 0.3) is 0 Å². The van der Waals surface area contributed by atoms with E-state index in [1.807, 2.05) is 35.7 Å². The molecule has 0 aliphatic heterocycles. The Bertz CT molecular complexity index is 430. The molecule has 0 aliphatic carbocycles. The average molecular weight is 254 g/mol. The monoisotopic (exact) mass is 253 g/mol. The Balaban J connectivity index is 2.03. The van der Waals surface area contributed by atoms with Crippen LogP contribution >= 0.6 is 23.1 Å². The van der Waals surface area contributed by atoms with Gasteiger partial charge in [0.15, 0.2) is 0 Å². The number of thiophene rings is 1. The third-order valence-electron chi connectivity index (χ3n) is 2.18. The molecule has 0 aliphatic rings. The molecule has 0 atom stereocenters. The molecule has 0 saturated carbocycles. The first-order chi connectivity index (χ1) is 7.90. The summed E-state index contributed by atoms with van der Waals surface area (Å²) in [4.78, 5) is 3.83. The van der Waals surface area contributed by atoms with Crippen LogP contribution in [0.2, 0.25) is 0 Å². The van der Waals surface area contributed by atoms with Crippen LogP contribution in [0, 0.1) is 0 Å². The van der Waals surface area contributed by atoms with Crippen LogP contribution in [0.25, 0.3) is 0 Å². The second-order valence-corrected chi connectivity index (χ2v) is 4.59. The highest BCUT2D eigenvalue weighted by Gasteiger charge is 2.02. The molecule has 16 heavy (non-hydrogen) atoms. The van der Waals surface area contributed by atoms with Crippen LogP contribution < -0.4 is 9.57 Å². The Hall–Kier alpha value is -1.03. The Labute approximate surface area is 104 Å². The molecular weight excluding hydrogens is 242 g/mol. The van der Waals surface area contributed by atoms with Crippen molar-refractivity contribution in [3.05, 3.63) is 52.2 Å². The van der Waals surface area contributed by atoms with E-state index in [2.05, 4.69) is 10.9 Å². The topological polar surface area (TPSA) is 21.3 Å². The second-order valence-electron chi connectivity index (χ2n) is 3.29. The number of hydrogen-bond acceptors (Lipinski definition) is 3. The Morgan fingerprint density at radius 2 is 2.06 bits per heavy atom. The molecule has 1 aromatic heterocycles. The molecule has 0 unspecified atom stereocenters. The smallest absolute Gasteiger partial charge is 0.124 e. The fourth-order valence-electron chi connectivity index (χ4n) is 1.41. The first-order valence-electron chi connectivity index (χ1n) is 4.96. The van der Waals surface area contributed by atoms with Crippen molar-refractivity contribution in [1.29, 1.82) is 0 Å². The molecule has 0 radical (unpaired) electrons. The second kappa shape index (κ2) is 5.89. The standard InChI is InChI=1S/C12H12ClNOS/c13-14-8-10-4-1-2-6-12(10)15-9-11-5-3-7-16-11/h1-7,14H,8-9H2.